The molecule has 48 valence electrons. The summed E-state index contributed by atoms with van der Waals surface area (Å²) in [4.78, 5) is 24.3. The molecule has 9 heavy (non-hydrogen) atoms. The van der Waals surface area contributed by atoms with E-state index in [0.29, 0.717) is 0 Å². The van der Waals surface area contributed by atoms with Crippen molar-refractivity contribution >= 4 is 7.82 Å². The number of hydrogen-bond acceptors (Lipinski definition) is 3. The Bertz CT molecular complexity index is 57.2. The smallest absolute Gasteiger partial charge is 0.790 e. The SMILES string of the molecule is O.O.O=P([O-])([O-])O.[Li+].[Li+]. The van der Waals surface area contributed by atoms with Crippen molar-refractivity contribution < 1.29 is 67.9 Å². The van der Waals surface area contributed by atoms with E-state index in [-0.39, 0.29) is 48.7 Å². The van der Waals surface area contributed by atoms with E-state index in [1.807, 2.05) is 0 Å². The summed E-state index contributed by atoms with van der Waals surface area (Å²) in [7, 11) is -5.14. The third-order valence-electron chi connectivity index (χ3n) is 0. The molecule has 0 radical (unpaired) electrons. The summed E-state index contributed by atoms with van der Waals surface area (Å²) < 4.78 is 8.66. The topological polar surface area (TPSA) is 146 Å². The normalized spacial score (nSPS) is 6.56. The van der Waals surface area contributed by atoms with Crippen LogP contribution in [0.1, 0.15) is 0 Å². The van der Waals surface area contributed by atoms with Crippen LogP contribution >= 0.6 is 7.82 Å². The molecule has 0 heterocycles. The molecule has 0 rings (SSSR count). The van der Waals surface area contributed by atoms with Crippen molar-refractivity contribution in [2.24, 2.45) is 0 Å². The molecule has 0 saturated heterocycles. The Labute approximate surface area is 75.9 Å². The maximum atomic E-state index is 8.66. The Balaban J connectivity index is -0.0000000133. The fourth-order valence-electron chi connectivity index (χ4n) is 0. The maximum absolute atomic E-state index is 8.66. The van der Waals surface area contributed by atoms with Gasteiger partial charge in [-0.3, -0.25) is 0 Å². The minimum Gasteiger partial charge on any atom is -0.790 e. The maximum Gasteiger partial charge on any atom is 1.00 e. The van der Waals surface area contributed by atoms with Gasteiger partial charge in [-0.15, -0.1) is 0 Å². The Morgan fingerprint density at radius 3 is 1.11 bits per heavy atom. The predicted octanol–water partition coefficient (Wildman–Crippen LogP) is -9.83. The van der Waals surface area contributed by atoms with Crippen LogP contribution in [0, 0.1) is 0 Å². The van der Waals surface area contributed by atoms with Crippen molar-refractivity contribution in [3.8, 4) is 0 Å². The number of rotatable bonds is 0. The molecule has 0 saturated carbocycles. The van der Waals surface area contributed by atoms with Crippen molar-refractivity contribution in [2.45, 2.75) is 0 Å². The molecule has 0 aromatic rings. The summed E-state index contributed by atoms with van der Waals surface area (Å²) in [5, 5.41) is 0. The monoisotopic (exact) mass is 146 g/mol. The van der Waals surface area contributed by atoms with Gasteiger partial charge in [-0.2, -0.15) is 0 Å². The van der Waals surface area contributed by atoms with Crippen molar-refractivity contribution in [1.82, 2.24) is 0 Å². The third kappa shape index (κ3) is 321. The molecule has 0 aromatic carbocycles. The third-order valence-corrected chi connectivity index (χ3v) is 0. The first-order valence-corrected chi connectivity index (χ1v) is 2.24. The molecule has 0 aliphatic rings. The van der Waals surface area contributed by atoms with E-state index in [4.69, 9.17) is 19.2 Å². The van der Waals surface area contributed by atoms with Crippen LogP contribution in [0.4, 0.5) is 0 Å². The standard InChI is InChI=1S/2Li.H3O4P.2H2O/c;;1-5(2,3)4;;/h;;(H3,1,2,3,4);2*1H2/q2*+1;;;/p-2. The second kappa shape index (κ2) is 12.0. The van der Waals surface area contributed by atoms with Gasteiger partial charge in [-0.25, -0.2) is 0 Å². The van der Waals surface area contributed by atoms with Gasteiger partial charge >= 0.3 is 37.7 Å². The molecule has 0 aliphatic carbocycles. The van der Waals surface area contributed by atoms with E-state index in [0.717, 1.165) is 0 Å². The fourth-order valence-corrected chi connectivity index (χ4v) is 0. The van der Waals surface area contributed by atoms with Crippen LogP contribution in [0.15, 0.2) is 0 Å². The van der Waals surface area contributed by atoms with Crippen LogP contribution in [0.2, 0.25) is 0 Å². The molecule has 0 aliphatic heterocycles. The van der Waals surface area contributed by atoms with Crippen LogP contribution < -0.4 is 47.5 Å². The second-order valence-electron chi connectivity index (χ2n) is 0.469. The molecular formula is H5Li2O6P. The first-order valence-electron chi connectivity index (χ1n) is 0.748. The summed E-state index contributed by atoms with van der Waals surface area (Å²) in [5.41, 5.74) is 0. The van der Waals surface area contributed by atoms with Gasteiger partial charge in [0.1, 0.15) is 0 Å². The van der Waals surface area contributed by atoms with Gasteiger partial charge in [-0.05, 0) is 0 Å². The van der Waals surface area contributed by atoms with E-state index in [2.05, 4.69) is 0 Å². The number of hydrogen-bond donors (Lipinski definition) is 1. The first kappa shape index (κ1) is 31.9. The van der Waals surface area contributed by atoms with Gasteiger partial charge in [0.2, 0.25) is 0 Å². The van der Waals surface area contributed by atoms with Crippen LogP contribution in [0.3, 0.4) is 0 Å². The molecule has 0 amide bonds. The van der Waals surface area contributed by atoms with Gasteiger partial charge in [0.25, 0.3) is 0 Å². The zero-order valence-electron chi connectivity index (χ0n) is 5.12. The summed E-state index contributed by atoms with van der Waals surface area (Å²) in [6, 6.07) is 0. The molecule has 9 heteroatoms. The largest absolute Gasteiger partial charge is 1.00 e. The van der Waals surface area contributed by atoms with Crippen LogP contribution in [-0.4, -0.2) is 15.8 Å². The van der Waals surface area contributed by atoms with Crippen LogP contribution in [0.25, 0.3) is 0 Å². The number of phosphoric acid groups is 1. The quantitative estimate of drug-likeness (QED) is 0.266. The van der Waals surface area contributed by atoms with Crippen LogP contribution in [0.5, 0.6) is 0 Å². The minimum absolute atomic E-state index is 0. The van der Waals surface area contributed by atoms with E-state index in [1.165, 1.54) is 0 Å². The molecule has 0 aromatic heterocycles. The van der Waals surface area contributed by atoms with E-state index >= 15 is 0 Å². The second-order valence-corrected chi connectivity index (χ2v) is 1.41. The van der Waals surface area contributed by atoms with E-state index in [1.54, 1.807) is 0 Å². The van der Waals surface area contributed by atoms with Crippen molar-refractivity contribution in [1.29, 1.82) is 0 Å². The minimum atomic E-state index is -5.14. The first-order chi connectivity index (χ1) is 2.00. The summed E-state index contributed by atoms with van der Waals surface area (Å²) >= 11 is 0. The van der Waals surface area contributed by atoms with E-state index in [9.17, 15) is 0 Å². The van der Waals surface area contributed by atoms with Gasteiger partial charge < -0.3 is 30.2 Å². The van der Waals surface area contributed by atoms with Gasteiger partial charge in [0.05, 0.1) is 7.82 Å². The summed E-state index contributed by atoms with van der Waals surface area (Å²) in [6.07, 6.45) is 0. The Morgan fingerprint density at radius 1 is 1.11 bits per heavy atom. The van der Waals surface area contributed by atoms with Crippen LogP contribution in [-0.2, 0) is 4.57 Å². The Morgan fingerprint density at radius 2 is 1.11 bits per heavy atom. The Hall–Kier alpha value is 1.22. The van der Waals surface area contributed by atoms with E-state index < -0.39 is 7.82 Å². The average Bonchev–Trinajstić information content (AvgIpc) is 0.722. The zero-order chi connectivity index (χ0) is 4.50. The average molecular weight is 146 g/mol. The van der Waals surface area contributed by atoms with Gasteiger partial charge in [0, 0.05) is 0 Å². The Kier molecular flexibility index (Phi) is 42.3. The molecule has 5 N–H and O–H groups in total. The fraction of sp³-hybridized carbons (Fsp3) is 0. The molecule has 0 atom stereocenters. The zero-order valence-corrected chi connectivity index (χ0v) is 6.01. The molecule has 0 unspecified atom stereocenters. The van der Waals surface area contributed by atoms with Crippen molar-refractivity contribution in [3.05, 3.63) is 0 Å². The summed E-state index contributed by atoms with van der Waals surface area (Å²) in [6.45, 7) is 0. The van der Waals surface area contributed by atoms with Crippen molar-refractivity contribution in [2.75, 3.05) is 0 Å². The van der Waals surface area contributed by atoms with Crippen molar-refractivity contribution in [3.63, 3.8) is 0 Å². The molecule has 0 bridgehead atoms. The molecule has 0 spiro atoms. The predicted molar refractivity (Wildman–Crippen MR) is 17.1 cm³/mol. The van der Waals surface area contributed by atoms with Gasteiger partial charge in [-0.1, -0.05) is 0 Å². The molecular weight excluding hydrogens is 141 g/mol. The molecule has 0 fully saturated rings. The summed E-state index contributed by atoms with van der Waals surface area (Å²) in [5.74, 6) is 0. The molecule has 6 nitrogen and oxygen atoms in total. The van der Waals surface area contributed by atoms with Gasteiger partial charge in [0.15, 0.2) is 0 Å².